The number of rotatable bonds is 33. The highest BCUT2D eigenvalue weighted by Gasteiger charge is 2.29. The molecule has 0 fully saturated rings. The van der Waals surface area contributed by atoms with Crippen molar-refractivity contribution in [1.82, 2.24) is 19.9 Å². The van der Waals surface area contributed by atoms with Gasteiger partial charge in [-0.25, -0.2) is 0 Å². The van der Waals surface area contributed by atoms with E-state index in [0.717, 1.165) is 19.3 Å². The molecule has 0 bridgehead atoms. The average Bonchev–Trinajstić information content (AvgIpc) is 3.62. The normalized spacial score (nSPS) is 13.9. The van der Waals surface area contributed by atoms with E-state index in [1.165, 1.54) is 0 Å². The van der Waals surface area contributed by atoms with E-state index in [1.807, 2.05) is 52.6 Å². The third kappa shape index (κ3) is 29.0. The zero-order valence-corrected chi connectivity index (χ0v) is 43.7. The molecule has 0 amide bonds. The van der Waals surface area contributed by atoms with Gasteiger partial charge in [0.2, 0.25) is 0 Å². The van der Waals surface area contributed by atoms with Crippen molar-refractivity contribution in [1.29, 1.82) is 0 Å². The molecule has 1 aromatic rings. The lowest BCUT2D eigenvalue weighted by Crippen LogP contribution is -2.31. The number of nitrogens with zero attached hydrogens (tertiary/aromatic N) is 4. The van der Waals surface area contributed by atoms with E-state index < -0.39 is 11.9 Å². The molecule has 16 heteroatoms. The Morgan fingerprint density at radius 3 is 1.65 bits per heavy atom. The molecule has 63 heavy (non-hydrogen) atoms. The quantitative estimate of drug-likeness (QED) is 0.0374. The molecule has 0 aromatic carbocycles. The van der Waals surface area contributed by atoms with Gasteiger partial charge in [0.15, 0.2) is 0 Å². The number of esters is 4. The molecule has 2 atom stereocenters. The molecule has 366 valence electrons. The van der Waals surface area contributed by atoms with Crippen LogP contribution in [0.15, 0.2) is 6.20 Å². The summed E-state index contributed by atoms with van der Waals surface area (Å²) in [6, 6.07) is 0. The summed E-state index contributed by atoms with van der Waals surface area (Å²) in [5.41, 5.74) is 0.209. The molecule has 0 aliphatic heterocycles. The first-order valence-corrected chi connectivity index (χ1v) is 24.7. The largest absolute Gasteiger partial charge is 0.462 e. The summed E-state index contributed by atoms with van der Waals surface area (Å²) >= 11 is 3.53. The van der Waals surface area contributed by atoms with E-state index in [9.17, 15) is 19.2 Å². The molecule has 0 saturated carbocycles. The molecule has 14 nitrogen and oxygen atoms in total. The van der Waals surface area contributed by atoms with Crippen LogP contribution in [0.2, 0.25) is 0 Å². The van der Waals surface area contributed by atoms with Crippen LogP contribution in [0.3, 0.4) is 0 Å². The maximum absolute atomic E-state index is 12.8. The molecular formula is C47H86N4O10S2. The zero-order chi connectivity index (χ0) is 48.1. The minimum Gasteiger partial charge on any atom is -0.462 e. The van der Waals surface area contributed by atoms with Crippen LogP contribution in [-0.2, 0) is 60.7 Å². The second kappa shape index (κ2) is 27.9. The van der Waals surface area contributed by atoms with E-state index in [0.29, 0.717) is 49.2 Å². The third-order valence-electron chi connectivity index (χ3n) is 10.2. The number of aromatic nitrogens is 3. The van der Waals surface area contributed by atoms with Gasteiger partial charge in [0.25, 0.3) is 0 Å². The standard InChI is InChI=1S/C47H86N4O10S2/c1-35(2)29-46(12,13)62-32-36(3)41(54)59-27-25-57-39(52)17-21-50(30-38-31-51(49-48-38)23-19-45(10,11)61-24-20-44(8,9)56-16)22-18-40(53)58-26-28-60-42(55)37(4)33-63-47(14,15)34-43(5,6)7/h31,35-37H,17-30,32-34H2,1-16H3. The van der Waals surface area contributed by atoms with Crippen LogP contribution in [0.1, 0.15) is 148 Å². The van der Waals surface area contributed by atoms with Crippen molar-refractivity contribution in [2.24, 2.45) is 23.2 Å². The lowest BCUT2D eigenvalue weighted by Gasteiger charge is -2.32. The predicted molar refractivity (Wildman–Crippen MR) is 254 cm³/mol. The van der Waals surface area contributed by atoms with Crippen molar-refractivity contribution in [2.75, 3.05) is 64.7 Å². The summed E-state index contributed by atoms with van der Waals surface area (Å²) in [5, 5.41) is 8.68. The van der Waals surface area contributed by atoms with Gasteiger partial charge < -0.3 is 28.4 Å². The van der Waals surface area contributed by atoms with Gasteiger partial charge >= 0.3 is 23.9 Å². The van der Waals surface area contributed by atoms with Gasteiger partial charge in [0.1, 0.15) is 26.4 Å². The van der Waals surface area contributed by atoms with Gasteiger partial charge in [-0.05, 0) is 64.7 Å². The summed E-state index contributed by atoms with van der Waals surface area (Å²) in [6.45, 7) is 33.5. The average molecular weight is 931 g/mol. The summed E-state index contributed by atoms with van der Waals surface area (Å²) in [7, 11) is 1.70. The molecule has 1 rings (SSSR count). The number of carbonyl (C=O) groups excluding carboxylic acids is 4. The number of aryl methyl sites for hydroxylation is 1. The van der Waals surface area contributed by atoms with Crippen molar-refractivity contribution in [3.8, 4) is 0 Å². The summed E-state index contributed by atoms with van der Waals surface area (Å²) in [5.74, 6) is -0.251. The minimum absolute atomic E-state index is 0.0244. The molecule has 0 aliphatic rings. The zero-order valence-electron chi connectivity index (χ0n) is 42.0. The summed E-state index contributed by atoms with van der Waals surface area (Å²) < 4.78 is 35.1. The monoisotopic (exact) mass is 931 g/mol. The van der Waals surface area contributed by atoms with Crippen LogP contribution < -0.4 is 0 Å². The van der Waals surface area contributed by atoms with Crippen molar-refractivity contribution in [3.05, 3.63) is 11.9 Å². The second-order valence-corrected chi connectivity index (χ2v) is 24.3. The number of methoxy groups -OCH3 is 1. The SMILES string of the molecule is COC(C)(C)CCOC(C)(C)CCn1cc(CN(CCC(=O)OCCOC(=O)C(C)CSC(C)(C)CC(C)C)CCC(=O)OCCOC(=O)C(C)CSC(C)(C)CC(C)(C)C)nn1. The molecule has 2 unspecified atom stereocenters. The predicted octanol–water partition coefficient (Wildman–Crippen LogP) is 8.81. The fourth-order valence-corrected chi connectivity index (χ4v) is 9.54. The fourth-order valence-electron chi connectivity index (χ4n) is 6.88. The Morgan fingerprint density at radius 1 is 0.683 bits per heavy atom. The summed E-state index contributed by atoms with van der Waals surface area (Å²) in [4.78, 5) is 52.7. The first kappa shape index (κ1) is 58.6. The Hall–Kier alpha value is -2.40. The summed E-state index contributed by atoms with van der Waals surface area (Å²) in [6.07, 6.45) is 5.48. The van der Waals surface area contributed by atoms with Crippen molar-refractivity contribution >= 4 is 47.4 Å². The Morgan fingerprint density at radius 2 is 1.17 bits per heavy atom. The topological polar surface area (TPSA) is 158 Å². The van der Waals surface area contributed by atoms with Gasteiger partial charge in [-0.15, -0.1) is 5.10 Å². The highest BCUT2D eigenvalue weighted by atomic mass is 32.2. The number of thioether (sulfide) groups is 2. The van der Waals surface area contributed by atoms with Crippen LogP contribution >= 0.6 is 23.5 Å². The van der Waals surface area contributed by atoms with E-state index in [1.54, 1.807) is 35.3 Å². The first-order valence-electron chi connectivity index (χ1n) is 22.8. The van der Waals surface area contributed by atoms with Crippen LogP contribution in [0.4, 0.5) is 0 Å². The molecule has 0 N–H and O–H groups in total. The van der Waals surface area contributed by atoms with Gasteiger partial charge in [0.05, 0.1) is 48.2 Å². The van der Waals surface area contributed by atoms with Crippen molar-refractivity contribution < 1.29 is 47.6 Å². The van der Waals surface area contributed by atoms with Gasteiger partial charge in [-0.3, -0.25) is 28.8 Å². The third-order valence-corrected chi connectivity index (χ3v) is 13.4. The molecule has 0 radical (unpaired) electrons. The number of hydrogen-bond donors (Lipinski definition) is 0. The molecule has 1 heterocycles. The van der Waals surface area contributed by atoms with Crippen molar-refractivity contribution in [3.63, 3.8) is 0 Å². The van der Waals surface area contributed by atoms with E-state index >= 15 is 0 Å². The Bertz CT molecular complexity index is 1510. The molecule has 0 aliphatic carbocycles. The Kier molecular flexibility index (Phi) is 26.0. The first-order chi connectivity index (χ1) is 29.0. The number of ether oxygens (including phenoxy) is 6. The molecular weight excluding hydrogens is 845 g/mol. The highest BCUT2D eigenvalue weighted by Crippen LogP contribution is 2.37. The van der Waals surface area contributed by atoms with Crippen LogP contribution in [0.25, 0.3) is 0 Å². The number of carbonyl (C=O) groups is 4. The highest BCUT2D eigenvalue weighted by molar-refractivity contribution is 8.00. The van der Waals surface area contributed by atoms with E-state index in [2.05, 4.69) is 72.6 Å². The Labute approximate surface area is 389 Å². The maximum atomic E-state index is 12.8. The van der Waals surface area contributed by atoms with E-state index in [-0.39, 0.29) is 102 Å². The molecule has 1 aromatic heterocycles. The molecule has 0 spiro atoms. The lowest BCUT2D eigenvalue weighted by molar-refractivity contribution is -0.154. The van der Waals surface area contributed by atoms with Gasteiger partial charge in [-0.2, -0.15) is 23.5 Å². The van der Waals surface area contributed by atoms with Crippen LogP contribution in [-0.4, -0.2) is 129 Å². The van der Waals surface area contributed by atoms with Crippen LogP contribution in [0, 0.1) is 23.2 Å². The smallest absolute Gasteiger partial charge is 0.309 e. The van der Waals surface area contributed by atoms with Crippen molar-refractivity contribution in [2.45, 2.75) is 176 Å². The molecule has 0 saturated heterocycles. The Balaban J connectivity index is 2.73. The fraction of sp³-hybridized carbons (Fsp3) is 0.872. The van der Waals surface area contributed by atoms with Crippen LogP contribution in [0.5, 0.6) is 0 Å². The maximum Gasteiger partial charge on any atom is 0.309 e. The van der Waals surface area contributed by atoms with E-state index in [4.69, 9.17) is 28.4 Å². The van der Waals surface area contributed by atoms with Gasteiger partial charge in [-0.1, -0.05) is 81.4 Å². The lowest BCUT2D eigenvalue weighted by atomic mass is 9.86. The number of hydrogen-bond acceptors (Lipinski definition) is 15. The van der Waals surface area contributed by atoms with Gasteiger partial charge in [0, 0.05) is 60.5 Å². The second-order valence-electron chi connectivity index (χ2n) is 20.9. The minimum atomic E-state index is -0.455.